The predicted molar refractivity (Wildman–Crippen MR) is 81.8 cm³/mol. The summed E-state index contributed by atoms with van der Waals surface area (Å²) in [5.41, 5.74) is -3.42. The zero-order chi connectivity index (χ0) is 19.4. The average Bonchev–Trinajstić information content (AvgIpc) is 3.21. The lowest BCUT2D eigenvalue weighted by molar-refractivity contribution is -0.271. The van der Waals surface area contributed by atoms with Gasteiger partial charge >= 0.3 is 6.18 Å². The van der Waals surface area contributed by atoms with Gasteiger partial charge in [0.2, 0.25) is 11.5 Å². The van der Waals surface area contributed by atoms with Crippen LogP contribution in [0.3, 0.4) is 0 Å². The molecule has 142 valence electrons. The Balaban J connectivity index is 1.90. The first-order chi connectivity index (χ1) is 12.1. The number of halogens is 3. The van der Waals surface area contributed by atoms with Crippen molar-refractivity contribution in [3.8, 4) is 0 Å². The zero-order valence-electron chi connectivity index (χ0n) is 13.7. The van der Waals surface area contributed by atoms with Gasteiger partial charge in [0.1, 0.15) is 0 Å². The number of carbonyl (C=O) groups excluding carboxylic acids is 2. The Morgan fingerprint density at radius 1 is 1.31 bits per heavy atom. The van der Waals surface area contributed by atoms with Crippen LogP contribution in [-0.4, -0.2) is 45.7 Å². The first-order valence-electron chi connectivity index (χ1n) is 7.50. The van der Waals surface area contributed by atoms with Crippen molar-refractivity contribution >= 4 is 11.8 Å². The minimum absolute atomic E-state index is 0.0296. The minimum Gasteiger partial charge on any atom is -0.459 e. The second-order valence-electron chi connectivity index (χ2n) is 5.48. The molecule has 0 saturated carbocycles. The zero-order valence-corrected chi connectivity index (χ0v) is 13.7. The van der Waals surface area contributed by atoms with E-state index in [0.717, 1.165) is 10.8 Å². The fourth-order valence-corrected chi connectivity index (χ4v) is 2.24. The Bertz CT molecular complexity index is 757. The monoisotopic (exact) mass is 374 g/mol. The van der Waals surface area contributed by atoms with Crippen molar-refractivity contribution < 1.29 is 32.3 Å². The number of carbonyl (C=O) groups is 2. The Kier molecular flexibility index (Phi) is 5.70. The van der Waals surface area contributed by atoms with Crippen molar-refractivity contribution in [3.63, 3.8) is 0 Å². The Morgan fingerprint density at radius 2 is 2.00 bits per heavy atom. The first kappa shape index (κ1) is 19.5. The molecule has 0 radical (unpaired) electrons. The van der Waals surface area contributed by atoms with E-state index in [4.69, 9.17) is 4.42 Å². The van der Waals surface area contributed by atoms with Crippen LogP contribution in [0.5, 0.6) is 0 Å². The van der Waals surface area contributed by atoms with Crippen LogP contribution in [0.25, 0.3) is 0 Å². The van der Waals surface area contributed by atoms with Gasteiger partial charge in [-0.05, 0) is 12.1 Å². The van der Waals surface area contributed by atoms with E-state index in [1.165, 1.54) is 31.6 Å². The van der Waals surface area contributed by atoms with Crippen molar-refractivity contribution in [2.45, 2.75) is 18.2 Å². The maximum Gasteiger partial charge on any atom is 0.425 e. The van der Waals surface area contributed by atoms with Crippen LogP contribution in [0.4, 0.5) is 13.2 Å². The molecule has 2 amide bonds. The van der Waals surface area contributed by atoms with Gasteiger partial charge in [-0.15, -0.1) is 0 Å². The van der Waals surface area contributed by atoms with Crippen LogP contribution >= 0.6 is 0 Å². The third-order valence-corrected chi connectivity index (χ3v) is 3.55. The quantitative estimate of drug-likeness (QED) is 0.618. The molecule has 2 heterocycles. The second-order valence-corrected chi connectivity index (χ2v) is 5.48. The van der Waals surface area contributed by atoms with Gasteiger partial charge in [0, 0.05) is 32.5 Å². The van der Waals surface area contributed by atoms with Crippen molar-refractivity contribution in [3.05, 3.63) is 42.4 Å². The highest BCUT2D eigenvalue weighted by Crippen LogP contribution is 2.40. The highest BCUT2D eigenvalue weighted by Gasteiger charge is 2.58. The van der Waals surface area contributed by atoms with E-state index in [9.17, 15) is 27.9 Å². The summed E-state index contributed by atoms with van der Waals surface area (Å²) in [6.07, 6.45) is -2.72. The molecule has 0 bridgehead atoms. The molecule has 26 heavy (non-hydrogen) atoms. The molecule has 2 rings (SSSR count). The van der Waals surface area contributed by atoms with E-state index in [-0.39, 0.29) is 18.8 Å². The standard InChI is InChI=1S/C15H17F3N4O4/c1-22-7-6-21-13(22)14(25,15(16,17)18)9-11(23)19-4-5-20-12(24)10-3-2-8-26-10/h2-3,6-8,25H,4-5,9H2,1H3,(H,19,23)(H,20,24). The van der Waals surface area contributed by atoms with E-state index in [1.807, 2.05) is 0 Å². The van der Waals surface area contributed by atoms with Crippen LogP contribution in [0.1, 0.15) is 22.8 Å². The normalized spacial score (nSPS) is 13.9. The number of alkyl halides is 3. The summed E-state index contributed by atoms with van der Waals surface area (Å²) >= 11 is 0. The van der Waals surface area contributed by atoms with Crippen LogP contribution < -0.4 is 10.6 Å². The van der Waals surface area contributed by atoms with Gasteiger partial charge in [0.25, 0.3) is 5.91 Å². The summed E-state index contributed by atoms with van der Waals surface area (Å²) in [7, 11) is 1.28. The summed E-state index contributed by atoms with van der Waals surface area (Å²) in [4.78, 5) is 26.9. The number of aromatic nitrogens is 2. The van der Waals surface area contributed by atoms with Crippen molar-refractivity contribution in [1.29, 1.82) is 0 Å². The van der Waals surface area contributed by atoms with Crippen LogP contribution in [0.15, 0.2) is 35.2 Å². The molecule has 3 N–H and O–H groups in total. The molecule has 0 spiro atoms. The fourth-order valence-electron chi connectivity index (χ4n) is 2.24. The molecule has 0 saturated heterocycles. The highest BCUT2D eigenvalue weighted by atomic mass is 19.4. The molecule has 1 atom stereocenters. The van der Waals surface area contributed by atoms with Crippen LogP contribution in [-0.2, 0) is 17.4 Å². The lowest BCUT2D eigenvalue weighted by atomic mass is 9.97. The Morgan fingerprint density at radius 3 is 2.54 bits per heavy atom. The van der Waals surface area contributed by atoms with E-state index in [2.05, 4.69) is 15.6 Å². The predicted octanol–water partition coefficient (Wildman–Crippen LogP) is 0.699. The van der Waals surface area contributed by atoms with Gasteiger partial charge in [0.05, 0.1) is 12.7 Å². The summed E-state index contributed by atoms with van der Waals surface area (Å²) < 4.78 is 45.8. The summed E-state index contributed by atoms with van der Waals surface area (Å²) in [6.45, 7) is -0.155. The molecule has 8 nitrogen and oxygen atoms in total. The fraction of sp³-hybridized carbons (Fsp3) is 0.400. The molecular formula is C15H17F3N4O4. The molecule has 1 unspecified atom stereocenters. The van der Waals surface area contributed by atoms with Crippen molar-refractivity contribution in [2.24, 2.45) is 7.05 Å². The maximum absolute atomic E-state index is 13.3. The average molecular weight is 374 g/mol. The number of furan rings is 1. The van der Waals surface area contributed by atoms with Crippen LogP contribution in [0.2, 0.25) is 0 Å². The molecule has 0 aromatic carbocycles. The molecule has 0 aliphatic heterocycles. The van der Waals surface area contributed by atoms with Crippen LogP contribution in [0, 0.1) is 0 Å². The number of aliphatic hydroxyl groups is 1. The Hall–Kier alpha value is -2.82. The van der Waals surface area contributed by atoms with Gasteiger partial charge in [-0.25, -0.2) is 4.98 Å². The van der Waals surface area contributed by atoms with Gasteiger partial charge < -0.3 is 24.7 Å². The molecule has 0 aliphatic rings. The molecule has 0 aliphatic carbocycles. The maximum atomic E-state index is 13.3. The largest absolute Gasteiger partial charge is 0.459 e. The number of imidazole rings is 1. The SMILES string of the molecule is Cn1ccnc1C(O)(CC(=O)NCCNC(=O)c1ccco1)C(F)(F)F. The number of amides is 2. The number of nitrogens with zero attached hydrogens (tertiary/aromatic N) is 2. The third kappa shape index (κ3) is 4.23. The number of hydrogen-bond acceptors (Lipinski definition) is 5. The van der Waals surface area contributed by atoms with Gasteiger partial charge in [-0.3, -0.25) is 9.59 Å². The van der Waals surface area contributed by atoms with E-state index in [1.54, 1.807) is 0 Å². The van der Waals surface area contributed by atoms with E-state index < -0.39 is 35.8 Å². The highest BCUT2D eigenvalue weighted by molar-refractivity contribution is 5.91. The molecular weight excluding hydrogens is 357 g/mol. The minimum atomic E-state index is -5.10. The lowest BCUT2D eigenvalue weighted by Crippen LogP contribution is -2.48. The first-order valence-corrected chi connectivity index (χ1v) is 7.50. The number of hydrogen-bond donors (Lipinski definition) is 3. The van der Waals surface area contributed by atoms with E-state index >= 15 is 0 Å². The smallest absolute Gasteiger partial charge is 0.425 e. The molecule has 2 aromatic heterocycles. The second kappa shape index (κ2) is 7.60. The van der Waals surface area contributed by atoms with Crippen molar-refractivity contribution in [2.75, 3.05) is 13.1 Å². The number of rotatable bonds is 7. The summed E-state index contributed by atoms with van der Waals surface area (Å²) in [6, 6.07) is 2.95. The van der Waals surface area contributed by atoms with Gasteiger partial charge in [-0.2, -0.15) is 13.2 Å². The molecule has 2 aromatic rings. The topological polar surface area (TPSA) is 109 Å². The lowest BCUT2D eigenvalue weighted by Gasteiger charge is -2.29. The summed E-state index contributed by atoms with van der Waals surface area (Å²) in [5, 5.41) is 14.7. The van der Waals surface area contributed by atoms with Gasteiger partial charge in [-0.1, -0.05) is 0 Å². The third-order valence-electron chi connectivity index (χ3n) is 3.55. The summed E-state index contributed by atoms with van der Waals surface area (Å²) in [5.74, 6) is -2.19. The van der Waals surface area contributed by atoms with Crippen molar-refractivity contribution in [1.82, 2.24) is 20.2 Å². The number of aryl methyl sites for hydroxylation is 1. The van der Waals surface area contributed by atoms with E-state index in [0.29, 0.717) is 0 Å². The Labute approximate surface area is 146 Å². The molecule has 11 heteroatoms. The van der Waals surface area contributed by atoms with Gasteiger partial charge in [0.15, 0.2) is 11.6 Å². The molecule has 0 fully saturated rings. The number of nitrogens with one attached hydrogen (secondary N) is 2.